The molecule has 2 N–H and O–H groups in total. The molecule has 1 aromatic carbocycles. The van der Waals surface area contributed by atoms with E-state index in [1.807, 2.05) is 24.3 Å². The van der Waals surface area contributed by atoms with E-state index >= 15 is 0 Å². The Hall–Kier alpha value is -1.00. The molecule has 1 saturated heterocycles. The Kier molecular flexibility index (Phi) is 5.49. The van der Waals surface area contributed by atoms with Crippen LogP contribution in [0.25, 0.3) is 0 Å². The van der Waals surface area contributed by atoms with Gasteiger partial charge in [-0.25, -0.2) is 0 Å². The van der Waals surface area contributed by atoms with Crippen LogP contribution in [0.4, 0.5) is 0 Å². The maximum atomic E-state index is 12.5. The summed E-state index contributed by atoms with van der Waals surface area (Å²) in [7, 11) is 0. The van der Waals surface area contributed by atoms with Crippen LogP contribution >= 0.6 is 11.8 Å². The summed E-state index contributed by atoms with van der Waals surface area (Å²) < 4.78 is 0. The van der Waals surface area contributed by atoms with Crippen LogP contribution in [0.2, 0.25) is 0 Å². The number of carbonyl (C=O) groups excluding carboxylic acids is 1. The first-order chi connectivity index (χ1) is 9.56. The SMILES string of the molecule is CC1CC(NC(=O)c2ccccc2SC(C)C)CCN1. The maximum absolute atomic E-state index is 12.5. The highest BCUT2D eigenvalue weighted by Crippen LogP contribution is 2.26. The van der Waals surface area contributed by atoms with Gasteiger partial charge in [0.15, 0.2) is 0 Å². The van der Waals surface area contributed by atoms with Gasteiger partial charge in [0.25, 0.3) is 5.91 Å². The molecule has 0 spiro atoms. The Labute approximate surface area is 125 Å². The molecule has 2 unspecified atom stereocenters. The molecule has 1 aromatic rings. The minimum Gasteiger partial charge on any atom is -0.349 e. The van der Waals surface area contributed by atoms with Gasteiger partial charge in [0.1, 0.15) is 0 Å². The Balaban J connectivity index is 2.05. The van der Waals surface area contributed by atoms with Crippen LogP contribution in [0.5, 0.6) is 0 Å². The number of rotatable bonds is 4. The molecule has 20 heavy (non-hydrogen) atoms. The zero-order valence-corrected chi connectivity index (χ0v) is 13.3. The summed E-state index contributed by atoms with van der Waals surface area (Å²) in [5.74, 6) is 0.0628. The summed E-state index contributed by atoms with van der Waals surface area (Å²) in [5.41, 5.74) is 0.803. The minimum absolute atomic E-state index is 0.0628. The van der Waals surface area contributed by atoms with Gasteiger partial charge in [-0.05, 0) is 38.4 Å². The van der Waals surface area contributed by atoms with Gasteiger partial charge in [0.05, 0.1) is 5.56 Å². The number of hydrogen-bond acceptors (Lipinski definition) is 3. The average Bonchev–Trinajstić information content (AvgIpc) is 2.38. The maximum Gasteiger partial charge on any atom is 0.252 e. The van der Waals surface area contributed by atoms with Crippen molar-refractivity contribution in [3.05, 3.63) is 29.8 Å². The van der Waals surface area contributed by atoms with Crippen molar-refractivity contribution in [2.75, 3.05) is 6.54 Å². The summed E-state index contributed by atoms with van der Waals surface area (Å²) in [5, 5.41) is 7.07. The second kappa shape index (κ2) is 7.14. The molecule has 3 nitrogen and oxygen atoms in total. The minimum atomic E-state index is 0.0628. The largest absolute Gasteiger partial charge is 0.349 e. The van der Waals surface area contributed by atoms with Crippen molar-refractivity contribution >= 4 is 17.7 Å². The van der Waals surface area contributed by atoms with Gasteiger partial charge in [0.2, 0.25) is 0 Å². The van der Waals surface area contributed by atoms with Crippen LogP contribution in [0.15, 0.2) is 29.2 Å². The van der Waals surface area contributed by atoms with E-state index in [0.717, 1.165) is 29.8 Å². The number of thioether (sulfide) groups is 1. The molecular formula is C16H24N2OS. The molecule has 2 rings (SSSR count). The first-order valence-electron chi connectivity index (χ1n) is 7.36. The lowest BCUT2D eigenvalue weighted by atomic mass is 10.0. The fourth-order valence-electron chi connectivity index (χ4n) is 2.54. The van der Waals surface area contributed by atoms with Crippen LogP contribution in [0.3, 0.4) is 0 Å². The summed E-state index contributed by atoms with van der Waals surface area (Å²) in [6, 6.07) is 8.65. The number of amides is 1. The fraction of sp³-hybridized carbons (Fsp3) is 0.562. The number of hydrogen-bond donors (Lipinski definition) is 2. The van der Waals surface area contributed by atoms with Gasteiger partial charge < -0.3 is 10.6 Å². The van der Waals surface area contributed by atoms with Crippen LogP contribution in [-0.4, -0.2) is 29.8 Å². The lowest BCUT2D eigenvalue weighted by Crippen LogP contribution is -2.46. The topological polar surface area (TPSA) is 41.1 Å². The molecule has 1 aliphatic rings. The molecule has 4 heteroatoms. The molecule has 0 aliphatic carbocycles. The first-order valence-corrected chi connectivity index (χ1v) is 8.24. The predicted molar refractivity (Wildman–Crippen MR) is 85.4 cm³/mol. The molecule has 0 aromatic heterocycles. The summed E-state index contributed by atoms with van der Waals surface area (Å²) >= 11 is 1.74. The Bertz CT molecular complexity index is 462. The van der Waals surface area contributed by atoms with E-state index in [9.17, 15) is 4.79 Å². The number of nitrogens with one attached hydrogen (secondary N) is 2. The van der Waals surface area contributed by atoms with Crippen molar-refractivity contribution in [2.24, 2.45) is 0 Å². The zero-order chi connectivity index (χ0) is 14.5. The van der Waals surface area contributed by atoms with E-state index in [1.165, 1.54) is 0 Å². The van der Waals surface area contributed by atoms with E-state index < -0.39 is 0 Å². The van der Waals surface area contributed by atoms with Crippen molar-refractivity contribution in [3.63, 3.8) is 0 Å². The summed E-state index contributed by atoms with van der Waals surface area (Å²) in [6.45, 7) is 7.44. The molecule has 110 valence electrons. The normalized spacial score (nSPS) is 22.8. The van der Waals surface area contributed by atoms with Gasteiger partial charge in [-0.1, -0.05) is 26.0 Å². The summed E-state index contributed by atoms with van der Waals surface area (Å²) in [4.78, 5) is 13.5. The molecule has 1 fully saturated rings. The highest BCUT2D eigenvalue weighted by atomic mass is 32.2. The second-order valence-electron chi connectivity index (χ2n) is 5.71. The smallest absolute Gasteiger partial charge is 0.252 e. The van der Waals surface area contributed by atoms with E-state index in [2.05, 4.69) is 31.4 Å². The number of piperidine rings is 1. The zero-order valence-electron chi connectivity index (χ0n) is 12.5. The fourth-order valence-corrected chi connectivity index (χ4v) is 3.49. The quantitative estimate of drug-likeness (QED) is 0.838. The van der Waals surface area contributed by atoms with Gasteiger partial charge in [-0.15, -0.1) is 11.8 Å². The van der Waals surface area contributed by atoms with E-state index in [-0.39, 0.29) is 11.9 Å². The molecular weight excluding hydrogens is 268 g/mol. The van der Waals surface area contributed by atoms with Crippen molar-refractivity contribution in [1.82, 2.24) is 10.6 Å². The number of benzene rings is 1. The molecule has 1 aliphatic heterocycles. The highest BCUT2D eigenvalue weighted by molar-refractivity contribution is 8.00. The third kappa shape index (κ3) is 4.25. The van der Waals surface area contributed by atoms with Crippen molar-refractivity contribution in [2.45, 2.75) is 55.8 Å². The van der Waals surface area contributed by atoms with Crippen molar-refractivity contribution < 1.29 is 4.79 Å². The Morgan fingerprint density at radius 1 is 1.40 bits per heavy atom. The lowest BCUT2D eigenvalue weighted by molar-refractivity contribution is 0.0922. The predicted octanol–water partition coefficient (Wildman–Crippen LogP) is 3.06. The first kappa shape index (κ1) is 15.4. The van der Waals surface area contributed by atoms with Gasteiger partial charge in [-0.2, -0.15) is 0 Å². The lowest BCUT2D eigenvalue weighted by Gasteiger charge is -2.28. The Morgan fingerprint density at radius 2 is 2.15 bits per heavy atom. The molecule has 0 saturated carbocycles. The molecule has 0 bridgehead atoms. The molecule has 1 amide bonds. The molecule has 0 radical (unpaired) electrons. The monoisotopic (exact) mass is 292 g/mol. The van der Waals surface area contributed by atoms with Crippen LogP contribution in [0.1, 0.15) is 44.0 Å². The average molecular weight is 292 g/mol. The highest BCUT2D eigenvalue weighted by Gasteiger charge is 2.21. The van der Waals surface area contributed by atoms with Gasteiger partial charge >= 0.3 is 0 Å². The van der Waals surface area contributed by atoms with Crippen LogP contribution in [0, 0.1) is 0 Å². The molecule has 1 heterocycles. The third-order valence-electron chi connectivity index (χ3n) is 3.45. The second-order valence-corrected chi connectivity index (χ2v) is 7.33. The molecule has 2 atom stereocenters. The van der Waals surface area contributed by atoms with E-state index in [1.54, 1.807) is 11.8 Å². The number of carbonyl (C=O) groups is 1. The van der Waals surface area contributed by atoms with E-state index in [0.29, 0.717) is 11.3 Å². The van der Waals surface area contributed by atoms with Crippen LogP contribution < -0.4 is 10.6 Å². The van der Waals surface area contributed by atoms with Crippen molar-refractivity contribution in [3.8, 4) is 0 Å². The summed E-state index contributed by atoms with van der Waals surface area (Å²) in [6.07, 6.45) is 2.01. The van der Waals surface area contributed by atoms with Gasteiger partial charge in [0, 0.05) is 22.2 Å². The van der Waals surface area contributed by atoms with Crippen molar-refractivity contribution in [1.29, 1.82) is 0 Å². The van der Waals surface area contributed by atoms with Crippen LogP contribution in [-0.2, 0) is 0 Å². The standard InChI is InChI=1S/C16H24N2OS/c1-11(2)20-15-7-5-4-6-14(15)16(19)18-13-8-9-17-12(3)10-13/h4-7,11-13,17H,8-10H2,1-3H3,(H,18,19). The third-order valence-corrected chi connectivity index (χ3v) is 4.53. The van der Waals surface area contributed by atoms with E-state index in [4.69, 9.17) is 0 Å². The Morgan fingerprint density at radius 3 is 2.85 bits per heavy atom. The van der Waals surface area contributed by atoms with Gasteiger partial charge in [-0.3, -0.25) is 4.79 Å².